The fraction of sp³-hybridized carbons (Fsp3) is 0.588. The van der Waals surface area contributed by atoms with Crippen molar-refractivity contribution in [2.24, 2.45) is 5.73 Å². The lowest BCUT2D eigenvalue weighted by Crippen LogP contribution is -2.47. The summed E-state index contributed by atoms with van der Waals surface area (Å²) in [6, 6.07) is 5.65. The number of ether oxygens (including phenoxy) is 2. The van der Waals surface area contributed by atoms with Crippen LogP contribution in [0.1, 0.15) is 38.7 Å². The minimum Gasteiger partial charge on any atom is -0.497 e. The molecule has 1 aliphatic rings. The van der Waals surface area contributed by atoms with Gasteiger partial charge < -0.3 is 15.2 Å². The average Bonchev–Trinajstić information content (AvgIpc) is 2.48. The number of nitrogens with two attached hydrogens (primary N) is 1. The van der Waals surface area contributed by atoms with Crippen molar-refractivity contribution in [3.63, 3.8) is 0 Å². The zero-order chi connectivity index (χ0) is 16.1. The molecule has 5 heteroatoms. The molecule has 0 bridgehead atoms. The first kappa shape index (κ1) is 16.6. The largest absolute Gasteiger partial charge is 0.497 e. The second-order valence-electron chi connectivity index (χ2n) is 6.02. The van der Waals surface area contributed by atoms with Gasteiger partial charge in [0.1, 0.15) is 11.5 Å². The average molecular weight is 306 g/mol. The number of likely N-dealkylation sites (tertiary alicyclic amines) is 1. The molecule has 0 aromatic heterocycles. The monoisotopic (exact) mass is 306 g/mol. The second kappa shape index (κ2) is 7.49. The Balaban J connectivity index is 2.21. The molecule has 1 aromatic rings. The number of benzene rings is 1. The fourth-order valence-corrected chi connectivity index (χ4v) is 2.88. The maximum absolute atomic E-state index is 11.6. The van der Waals surface area contributed by atoms with E-state index in [1.54, 1.807) is 7.11 Å². The van der Waals surface area contributed by atoms with Crippen LogP contribution in [0.5, 0.6) is 11.5 Å². The van der Waals surface area contributed by atoms with Crippen molar-refractivity contribution in [2.45, 2.75) is 51.8 Å². The molecule has 1 amide bonds. The lowest BCUT2D eigenvalue weighted by atomic mass is 10.0. The van der Waals surface area contributed by atoms with Gasteiger partial charge in [-0.15, -0.1) is 0 Å². The predicted octanol–water partition coefficient (Wildman–Crippen LogP) is 2.32. The number of amides is 1. The minimum absolute atomic E-state index is 0.0825. The third-order valence-electron chi connectivity index (χ3n) is 3.95. The number of primary amides is 1. The van der Waals surface area contributed by atoms with Crippen LogP contribution in [0.3, 0.4) is 0 Å². The van der Waals surface area contributed by atoms with Gasteiger partial charge in [-0.05, 0) is 39.3 Å². The number of piperidine rings is 1. The summed E-state index contributed by atoms with van der Waals surface area (Å²) < 4.78 is 11.2. The molecule has 1 aliphatic heterocycles. The maximum atomic E-state index is 11.6. The van der Waals surface area contributed by atoms with Crippen molar-refractivity contribution in [3.05, 3.63) is 23.8 Å². The molecule has 22 heavy (non-hydrogen) atoms. The van der Waals surface area contributed by atoms with Crippen LogP contribution in [-0.2, 0) is 11.3 Å². The van der Waals surface area contributed by atoms with E-state index in [0.717, 1.165) is 42.9 Å². The highest BCUT2D eigenvalue weighted by Gasteiger charge is 2.27. The third-order valence-corrected chi connectivity index (χ3v) is 3.95. The fourth-order valence-electron chi connectivity index (χ4n) is 2.88. The maximum Gasteiger partial charge on any atom is 0.234 e. The van der Waals surface area contributed by atoms with E-state index in [9.17, 15) is 4.79 Å². The number of carbonyl (C=O) groups is 1. The van der Waals surface area contributed by atoms with Crippen LogP contribution in [0.15, 0.2) is 18.2 Å². The van der Waals surface area contributed by atoms with Gasteiger partial charge >= 0.3 is 0 Å². The summed E-state index contributed by atoms with van der Waals surface area (Å²) in [7, 11) is 1.64. The SMILES string of the molecule is COc1ccc(CN2CCCC[C@@H]2C(N)=O)c(OC(C)C)c1. The Labute approximate surface area is 132 Å². The molecule has 0 unspecified atom stereocenters. The first-order chi connectivity index (χ1) is 10.5. The van der Waals surface area contributed by atoms with Crippen LogP contribution in [-0.4, -0.2) is 36.6 Å². The highest BCUT2D eigenvalue weighted by molar-refractivity contribution is 5.79. The molecule has 0 aliphatic carbocycles. The molecule has 0 saturated carbocycles. The van der Waals surface area contributed by atoms with E-state index in [2.05, 4.69) is 4.90 Å². The van der Waals surface area contributed by atoms with Gasteiger partial charge in [-0.3, -0.25) is 9.69 Å². The lowest BCUT2D eigenvalue weighted by molar-refractivity contribution is -0.124. The summed E-state index contributed by atoms with van der Waals surface area (Å²) in [5.41, 5.74) is 6.60. The molecular weight excluding hydrogens is 280 g/mol. The highest BCUT2D eigenvalue weighted by Crippen LogP contribution is 2.29. The third kappa shape index (κ3) is 4.13. The van der Waals surface area contributed by atoms with Crippen molar-refractivity contribution < 1.29 is 14.3 Å². The minimum atomic E-state index is -0.237. The smallest absolute Gasteiger partial charge is 0.234 e. The molecule has 1 saturated heterocycles. The molecule has 5 nitrogen and oxygen atoms in total. The van der Waals surface area contributed by atoms with E-state index in [1.165, 1.54) is 0 Å². The van der Waals surface area contributed by atoms with Crippen LogP contribution in [0.2, 0.25) is 0 Å². The van der Waals surface area contributed by atoms with Crippen LogP contribution in [0, 0.1) is 0 Å². The summed E-state index contributed by atoms with van der Waals surface area (Å²) >= 11 is 0. The molecule has 2 N–H and O–H groups in total. The van der Waals surface area contributed by atoms with Crippen LogP contribution in [0.4, 0.5) is 0 Å². The van der Waals surface area contributed by atoms with E-state index in [-0.39, 0.29) is 18.1 Å². The van der Waals surface area contributed by atoms with Crippen LogP contribution < -0.4 is 15.2 Å². The quantitative estimate of drug-likeness (QED) is 0.876. The van der Waals surface area contributed by atoms with Gasteiger partial charge in [0.25, 0.3) is 0 Å². The van der Waals surface area contributed by atoms with Gasteiger partial charge in [0.15, 0.2) is 0 Å². The molecule has 122 valence electrons. The summed E-state index contributed by atoms with van der Waals surface area (Å²) in [4.78, 5) is 13.8. The van der Waals surface area contributed by atoms with Gasteiger partial charge in [0.2, 0.25) is 5.91 Å². The second-order valence-corrected chi connectivity index (χ2v) is 6.02. The Kier molecular flexibility index (Phi) is 5.66. The molecule has 0 spiro atoms. The van der Waals surface area contributed by atoms with E-state index in [0.29, 0.717) is 6.54 Å². The van der Waals surface area contributed by atoms with E-state index >= 15 is 0 Å². The molecule has 0 radical (unpaired) electrons. The number of rotatable bonds is 6. The summed E-state index contributed by atoms with van der Waals surface area (Å²) in [6.07, 6.45) is 3.08. The summed E-state index contributed by atoms with van der Waals surface area (Å²) in [5.74, 6) is 1.34. The molecular formula is C17H26N2O3. The van der Waals surface area contributed by atoms with Crippen molar-refractivity contribution in [3.8, 4) is 11.5 Å². The molecule has 2 rings (SSSR count). The topological polar surface area (TPSA) is 64.8 Å². The zero-order valence-electron chi connectivity index (χ0n) is 13.7. The van der Waals surface area contributed by atoms with Gasteiger partial charge in [-0.25, -0.2) is 0 Å². The number of carbonyl (C=O) groups excluding carboxylic acids is 1. The highest BCUT2D eigenvalue weighted by atomic mass is 16.5. The van der Waals surface area contributed by atoms with Crippen molar-refractivity contribution in [2.75, 3.05) is 13.7 Å². The molecule has 1 aromatic carbocycles. The Morgan fingerprint density at radius 2 is 2.18 bits per heavy atom. The predicted molar refractivity (Wildman–Crippen MR) is 86.0 cm³/mol. The normalized spacial score (nSPS) is 19.2. The number of nitrogens with zero attached hydrogens (tertiary/aromatic N) is 1. The Morgan fingerprint density at radius 1 is 1.41 bits per heavy atom. The van der Waals surface area contributed by atoms with Gasteiger partial charge in [0.05, 0.1) is 19.3 Å². The van der Waals surface area contributed by atoms with Crippen molar-refractivity contribution >= 4 is 5.91 Å². The van der Waals surface area contributed by atoms with Crippen LogP contribution in [0.25, 0.3) is 0 Å². The Bertz CT molecular complexity index is 517. The summed E-state index contributed by atoms with van der Waals surface area (Å²) in [5, 5.41) is 0. The van der Waals surface area contributed by atoms with Crippen molar-refractivity contribution in [1.29, 1.82) is 0 Å². The van der Waals surface area contributed by atoms with Crippen LogP contribution >= 0.6 is 0 Å². The first-order valence-corrected chi connectivity index (χ1v) is 7.88. The number of hydrogen-bond donors (Lipinski definition) is 1. The molecule has 1 fully saturated rings. The van der Waals surface area contributed by atoms with Gasteiger partial charge in [0, 0.05) is 18.2 Å². The first-order valence-electron chi connectivity index (χ1n) is 7.88. The van der Waals surface area contributed by atoms with E-state index < -0.39 is 0 Å². The molecule has 1 atom stereocenters. The van der Waals surface area contributed by atoms with Crippen molar-refractivity contribution in [1.82, 2.24) is 4.90 Å². The summed E-state index contributed by atoms with van der Waals surface area (Å²) in [6.45, 7) is 5.55. The number of hydrogen-bond acceptors (Lipinski definition) is 4. The Morgan fingerprint density at radius 3 is 2.82 bits per heavy atom. The Hall–Kier alpha value is -1.75. The van der Waals surface area contributed by atoms with E-state index in [1.807, 2.05) is 32.0 Å². The lowest BCUT2D eigenvalue weighted by Gasteiger charge is -2.34. The van der Waals surface area contributed by atoms with Gasteiger partial charge in [-0.2, -0.15) is 0 Å². The number of methoxy groups -OCH3 is 1. The van der Waals surface area contributed by atoms with Gasteiger partial charge in [-0.1, -0.05) is 12.5 Å². The zero-order valence-corrected chi connectivity index (χ0v) is 13.7. The van der Waals surface area contributed by atoms with E-state index in [4.69, 9.17) is 15.2 Å². The standard InChI is InChI=1S/C17H26N2O3/c1-12(2)22-16-10-14(21-3)8-7-13(16)11-19-9-5-4-6-15(19)17(18)20/h7-8,10,12,15H,4-6,9,11H2,1-3H3,(H2,18,20)/t15-/m1/s1. The molecule has 1 heterocycles.